The summed E-state index contributed by atoms with van der Waals surface area (Å²) in [5, 5.41) is 12.0. The summed E-state index contributed by atoms with van der Waals surface area (Å²) in [6, 6.07) is 13.7. The number of esters is 1. The number of nitrogens with zero attached hydrogens (tertiary/aromatic N) is 5. The maximum atomic E-state index is 13.5. The van der Waals surface area contributed by atoms with Crippen molar-refractivity contribution < 1.29 is 18.5 Å². The fourth-order valence-corrected chi connectivity index (χ4v) is 6.15. The normalized spacial score (nSPS) is 15.4. The Labute approximate surface area is 225 Å². The highest BCUT2D eigenvalue weighted by atomic mass is 35.5. The van der Waals surface area contributed by atoms with Gasteiger partial charge in [-0.1, -0.05) is 23.2 Å². The Morgan fingerprint density at radius 3 is 2.38 bits per heavy atom. The van der Waals surface area contributed by atoms with Gasteiger partial charge in [0, 0.05) is 35.4 Å². The van der Waals surface area contributed by atoms with Crippen LogP contribution in [0.2, 0.25) is 10.0 Å². The van der Waals surface area contributed by atoms with Gasteiger partial charge >= 0.3 is 12.0 Å². The Bertz CT molecular complexity index is 1370. The average molecular weight is 561 g/mol. The summed E-state index contributed by atoms with van der Waals surface area (Å²) in [4.78, 5) is 28.0. The van der Waals surface area contributed by atoms with Gasteiger partial charge in [-0.05, 0) is 60.5 Å². The van der Waals surface area contributed by atoms with E-state index >= 15 is 0 Å². The zero-order chi connectivity index (χ0) is 26.1. The number of methoxy groups -OCH3 is 1. The second kappa shape index (κ2) is 10.5. The number of carbonyl (C=O) groups excluding carboxylic acids is 2. The van der Waals surface area contributed by atoms with E-state index in [9.17, 15) is 13.8 Å². The van der Waals surface area contributed by atoms with E-state index < -0.39 is 17.0 Å². The van der Waals surface area contributed by atoms with Gasteiger partial charge in [0.05, 0.1) is 17.7 Å². The monoisotopic (exact) mass is 560 g/mol. The quantitative estimate of drug-likeness (QED) is 0.439. The number of rotatable bonds is 7. The van der Waals surface area contributed by atoms with E-state index in [1.807, 2.05) is 23.1 Å². The number of aromatic nitrogens is 2. The molecular weight excluding hydrogens is 539 g/mol. The number of carbonyl (C=O) groups is 2. The maximum Gasteiger partial charge on any atom is 0.326 e. The summed E-state index contributed by atoms with van der Waals surface area (Å²) in [6.45, 7) is 1.56. The van der Waals surface area contributed by atoms with E-state index in [0.29, 0.717) is 58.3 Å². The SMILES string of the molecule is COC(=O)CN(c1ccc2c(c1)CCN2c1ccc(N2CCNC2=O)nn1)S(=O)c1cc(Cl)cc(Cl)c1. The number of hydrogen-bond acceptors (Lipinski definition) is 7. The predicted octanol–water partition coefficient (Wildman–Crippen LogP) is 3.71. The molecule has 0 saturated carbocycles. The zero-order valence-electron chi connectivity index (χ0n) is 19.7. The van der Waals surface area contributed by atoms with Crippen LogP contribution in [-0.2, 0) is 26.9 Å². The van der Waals surface area contributed by atoms with Crippen molar-refractivity contribution >= 4 is 69.2 Å². The Morgan fingerprint density at radius 2 is 1.76 bits per heavy atom. The fraction of sp³-hybridized carbons (Fsp3) is 0.250. The molecule has 3 heterocycles. The molecule has 3 aromatic rings. The molecule has 1 fully saturated rings. The molecule has 192 valence electrons. The maximum absolute atomic E-state index is 13.5. The molecule has 2 aromatic carbocycles. The second-order valence-corrected chi connectivity index (χ2v) is 10.6. The van der Waals surface area contributed by atoms with Crippen molar-refractivity contribution in [1.29, 1.82) is 0 Å². The first-order valence-corrected chi connectivity index (χ1v) is 13.2. The van der Waals surface area contributed by atoms with Gasteiger partial charge in [0.15, 0.2) is 22.6 Å². The van der Waals surface area contributed by atoms with Crippen molar-refractivity contribution in [3.8, 4) is 0 Å². The number of hydrogen-bond donors (Lipinski definition) is 1. The van der Waals surface area contributed by atoms with E-state index in [4.69, 9.17) is 27.9 Å². The molecule has 2 amide bonds. The minimum atomic E-state index is -1.77. The van der Waals surface area contributed by atoms with Gasteiger partial charge in [0.25, 0.3) is 0 Å². The molecule has 13 heteroatoms. The lowest BCUT2D eigenvalue weighted by molar-refractivity contribution is -0.138. The van der Waals surface area contributed by atoms with Gasteiger partial charge in [0.1, 0.15) is 6.54 Å². The molecule has 2 aliphatic rings. The lowest BCUT2D eigenvalue weighted by atomic mass is 10.1. The summed E-state index contributed by atoms with van der Waals surface area (Å²) in [6.07, 6.45) is 0.711. The molecule has 1 atom stereocenters. The molecular formula is C24H22Cl2N6O4S. The number of amides is 2. The summed E-state index contributed by atoms with van der Waals surface area (Å²) in [5.41, 5.74) is 2.51. The standard InChI is InChI=1S/C24H22Cl2N6O4S/c1-36-23(33)14-32(37(35)19-12-16(25)11-17(26)13-19)18-2-3-20-15(10-18)6-8-30(20)21-4-5-22(29-28-21)31-9-7-27-24(31)34/h2-5,10-13H,6-9,14H2,1H3,(H,27,34). The third kappa shape index (κ3) is 5.20. The first kappa shape index (κ1) is 25.2. The molecule has 2 aliphatic heterocycles. The summed E-state index contributed by atoms with van der Waals surface area (Å²) >= 11 is 12.2. The smallest absolute Gasteiger partial charge is 0.326 e. The molecule has 1 unspecified atom stereocenters. The second-order valence-electron chi connectivity index (χ2n) is 8.32. The minimum Gasteiger partial charge on any atom is -0.468 e. The number of fused-ring (bicyclic) bond motifs is 1. The lowest BCUT2D eigenvalue weighted by Crippen LogP contribution is -2.32. The number of halogens is 2. The van der Waals surface area contributed by atoms with Crippen LogP contribution in [0, 0.1) is 0 Å². The van der Waals surface area contributed by atoms with Gasteiger partial charge in [-0.25, -0.2) is 9.00 Å². The van der Waals surface area contributed by atoms with Crippen LogP contribution in [0.15, 0.2) is 53.4 Å². The van der Waals surface area contributed by atoms with Crippen molar-refractivity contribution in [3.05, 3.63) is 64.1 Å². The Kier molecular flexibility index (Phi) is 7.18. The lowest BCUT2D eigenvalue weighted by Gasteiger charge is -2.24. The molecule has 0 radical (unpaired) electrons. The Morgan fingerprint density at radius 1 is 1.05 bits per heavy atom. The number of urea groups is 1. The van der Waals surface area contributed by atoms with Crippen molar-refractivity contribution in [1.82, 2.24) is 15.5 Å². The Balaban J connectivity index is 1.42. The average Bonchev–Trinajstić information content (AvgIpc) is 3.52. The third-order valence-electron chi connectivity index (χ3n) is 6.03. The highest BCUT2D eigenvalue weighted by molar-refractivity contribution is 7.86. The highest BCUT2D eigenvalue weighted by Gasteiger charge is 2.27. The largest absolute Gasteiger partial charge is 0.468 e. The van der Waals surface area contributed by atoms with Gasteiger partial charge in [-0.15, -0.1) is 10.2 Å². The Hall–Kier alpha value is -3.41. The fourth-order valence-electron chi connectivity index (χ4n) is 4.26. The summed E-state index contributed by atoms with van der Waals surface area (Å²) < 4.78 is 19.8. The van der Waals surface area contributed by atoms with E-state index in [1.54, 1.807) is 35.2 Å². The summed E-state index contributed by atoms with van der Waals surface area (Å²) in [7, 11) is -0.492. The molecule has 37 heavy (non-hydrogen) atoms. The molecule has 5 rings (SSSR count). The van der Waals surface area contributed by atoms with Crippen LogP contribution in [0.3, 0.4) is 0 Å². The molecule has 1 saturated heterocycles. The number of anilines is 4. The van der Waals surface area contributed by atoms with Crippen molar-refractivity contribution in [3.63, 3.8) is 0 Å². The number of benzene rings is 2. The van der Waals surface area contributed by atoms with Crippen LogP contribution < -0.4 is 19.4 Å². The highest BCUT2D eigenvalue weighted by Crippen LogP contribution is 2.37. The molecule has 1 N–H and O–H groups in total. The van der Waals surface area contributed by atoms with Gasteiger partial charge in [-0.2, -0.15) is 0 Å². The third-order valence-corrected chi connectivity index (χ3v) is 7.85. The van der Waals surface area contributed by atoms with Crippen molar-refractivity contribution in [2.24, 2.45) is 0 Å². The predicted molar refractivity (Wildman–Crippen MR) is 142 cm³/mol. The number of nitrogens with one attached hydrogen (secondary N) is 1. The molecule has 0 aliphatic carbocycles. The van der Waals surface area contributed by atoms with E-state index in [1.165, 1.54) is 11.4 Å². The van der Waals surface area contributed by atoms with Crippen LogP contribution in [-0.4, -0.2) is 59.7 Å². The topological polar surface area (TPSA) is 108 Å². The van der Waals surface area contributed by atoms with Crippen LogP contribution in [0.5, 0.6) is 0 Å². The molecule has 0 bridgehead atoms. The molecule has 0 spiro atoms. The van der Waals surface area contributed by atoms with Crippen LogP contribution >= 0.6 is 23.2 Å². The zero-order valence-corrected chi connectivity index (χ0v) is 22.0. The van der Waals surface area contributed by atoms with Crippen LogP contribution in [0.4, 0.5) is 27.8 Å². The van der Waals surface area contributed by atoms with Gasteiger partial charge in [-0.3, -0.25) is 14.0 Å². The van der Waals surface area contributed by atoms with Crippen molar-refractivity contribution in [2.45, 2.75) is 11.3 Å². The number of ether oxygens (including phenoxy) is 1. The van der Waals surface area contributed by atoms with Gasteiger partial charge in [0.2, 0.25) is 0 Å². The molecule has 1 aromatic heterocycles. The van der Waals surface area contributed by atoms with Crippen LogP contribution in [0.25, 0.3) is 0 Å². The van der Waals surface area contributed by atoms with Crippen molar-refractivity contribution in [2.75, 3.05) is 47.4 Å². The first-order valence-electron chi connectivity index (χ1n) is 11.4. The minimum absolute atomic E-state index is 0.185. The van der Waals surface area contributed by atoms with Gasteiger partial charge < -0.3 is 15.0 Å². The van der Waals surface area contributed by atoms with E-state index in [-0.39, 0.29) is 12.6 Å². The van der Waals surface area contributed by atoms with E-state index in [0.717, 1.165) is 11.3 Å². The van der Waals surface area contributed by atoms with Crippen LogP contribution in [0.1, 0.15) is 5.56 Å². The molecule has 10 nitrogen and oxygen atoms in total. The van der Waals surface area contributed by atoms with E-state index in [2.05, 4.69) is 15.5 Å². The first-order chi connectivity index (χ1) is 17.8. The summed E-state index contributed by atoms with van der Waals surface area (Å²) in [5.74, 6) is 0.611.